The fourth-order valence-corrected chi connectivity index (χ4v) is 4.13. The number of rotatable bonds is 6. The van der Waals surface area contributed by atoms with E-state index >= 15 is 0 Å². The molecule has 33 heavy (non-hydrogen) atoms. The molecule has 0 saturated heterocycles. The number of anilines is 2. The zero-order valence-corrected chi connectivity index (χ0v) is 20.2. The summed E-state index contributed by atoms with van der Waals surface area (Å²) in [7, 11) is -3.82. The third-order valence-electron chi connectivity index (χ3n) is 4.84. The number of hydrogen-bond donors (Lipinski definition) is 2. The van der Waals surface area contributed by atoms with Crippen molar-refractivity contribution in [2.45, 2.75) is 44.9 Å². The lowest BCUT2D eigenvalue weighted by Gasteiger charge is -2.18. The van der Waals surface area contributed by atoms with E-state index < -0.39 is 10.0 Å². The molecular formula is C25H28N4O3S. The third-order valence-corrected chi connectivity index (χ3v) is 6.21. The van der Waals surface area contributed by atoms with Gasteiger partial charge in [0.15, 0.2) is 0 Å². The first kappa shape index (κ1) is 24.1. The van der Waals surface area contributed by atoms with Crippen molar-refractivity contribution in [3.05, 3.63) is 83.3 Å². The van der Waals surface area contributed by atoms with Crippen molar-refractivity contribution in [1.82, 2.24) is 9.97 Å². The number of amides is 1. The summed E-state index contributed by atoms with van der Waals surface area (Å²) in [4.78, 5) is 20.5. The Morgan fingerprint density at radius 2 is 1.58 bits per heavy atom. The molecule has 172 valence electrons. The summed E-state index contributed by atoms with van der Waals surface area (Å²) in [6.07, 6.45) is 3.17. The molecule has 3 rings (SSSR count). The van der Waals surface area contributed by atoms with Crippen molar-refractivity contribution in [2.24, 2.45) is 0 Å². The molecule has 0 saturated carbocycles. The minimum absolute atomic E-state index is 0.0592. The Kier molecular flexibility index (Phi) is 6.98. The van der Waals surface area contributed by atoms with Gasteiger partial charge in [0.05, 0.1) is 4.90 Å². The molecule has 0 bridgehead atoms. The molecule has 0 spiro atoms. The van der Waals surface area contributed by atoms with Crippen molar-refractivity contribution in [3.8, 4) is 0 Å². The van der Waals surface area contributed by atoms with Crippen LogP contribution in [0.4, 0.5) is 11.5 Å². The van der Waals surface area contributed by atoms with Gasteiger partial charge < -0.3 is 5.32 Å². The molecule has 2 N–H and O–H groups in total. The van der Waals surface area contributed by atoms with Crippen LogP contribution in [0.2, 0.25) is 0 Å². The number of benzene rings is 2. The fourth-order valence-electron chi connectivity index (χ4n) is 3.13. The highest BCUT2D eigenvalue weighted by atomic mass is 32.2. The summed E-state index contributed by atoms with van der Waals surface area (Å²) >= 11 is 0. The minimum Gasteiger partial charge on any atom is -0.323 e. The lowest BCUT2D eigenvalue weighted by Crippen LogP contribution is -2.15. The SMILES string of the molecule is Cc1cc(NS(=O)(=O)c2ccc(NC(=O)C=Cc3ccc(C(C)(C)C)cc3)cc2)nc(C)n1. The summed E-state index contributed by atoms with van der Waals surface area (Å²) in [6.45, 7) is 9.90. The Bertz CT molecular complexity index is 1250. The zero-order valence-electron chi connectivity index (χ0n) is 19.4. The first-order chi connectivity index (χ1) is 15.4. The molecule has 1 aromatic heterocycles. The van der Waals surface area contributed by atoms with Crippen LogP contribution >= 0.6 is 0 Å². The predicted octanol–water partition coefficient (Wildman–Crippen LogP) is 4.84. The molecule has 0 radical (unpaired) electrons. The fraction of sp³-hybridized carbons (Fsp3) is 0.240. The first-order valence-corrected chi connectivity index (χ1v) is 12.0. The molecule has 0 aliphatic rings. The van der Waals surface area contributed by atoms with Crippen LogP contribution in [0.3, 0.4) is 0 Å². The standard InChI is InChI=1S/C25H28N4O3S/c1-17-16-23(27-18(2)26-17)29-33(31,32)22-13-11-21(12-14-22)28-24(30)15-8-19-6-9-20(10-7-19)25(3,4)5/h6-16H,1-5H3,(H,28,30)(H,26,27,29). The van der Waals surface area contributed by atoms with Gasteiger partial charge in [0.25, 0.3) is 10.0 Å². The van der Waals surface area contributed by atoms with Gasteiger partial charge in [0, 0.05) is 23.5 Å². The third kappa shape index (κ3) is 6.73. The molecule has 0 unspecified atom stereocenters. The average Bonchev–Trinajstić information content (AvgIpc) is 2.71. The van der Waals surface area contributed by atoms with E-state index in [1.54, 1.807) is 26.0 Å². The summed E-state index contributed by atoms with van der Waals surface area (Å²) in [5.41, 5.74) is 3.36. The molecule has 7 nitrogen and oxygen atoms in total. The summed E-state index contributed by atoms with van der Waals surface area (Å²) < 4.78 is 27.7. The van der Waals surface area contributed by atoms with E-state index in [9.17, 15) is 13.2 Å². The second-order valence-electron chi connectivity index (χ2n) is 8.77. The molecule has 1 amide bonds. The molecular weight excluding hydrogens is 436 g/mol. The van der Waals surface area contributed by atoms with Crippen LogP contribution in [0.5, 0.6) is 0 Å². The minimum atomic E-state index is -3.82. The highest BCUT2D eigenvalue weighted by molar-refractivity contribution is 7.92. The number of carbonyl (C=O) groups excluding carboxylic acids is 1. The van der Waals surface area contributed by atoms with Crippen molar-refractivity contribution in [1.29, 1.82) is 0 Å². The molecule has 0 aliphatic carbocycles. The lowest BCUT2D eigenvalue weighted by atomic mass is 9.87. The molecule has 0 fully saturated rings. The Morgan fingerprint density at radius 1 is 0.939 bits per heavy atom. The number of nitrogens with one attached hydrogen (secondary N) is 2. The molecule has 0 aliphatic heterocycles. The Labute approximate surface area is 195 Å². The van der Waals surface area contributed by atoms with E-state index in [-0.39, 0.29) is 22.0 Å². The van der Waals surface area contributed by atoms with Crippen molar-refractivity contribution in [2.75, 3.05) is 10.0 Å². The van der Waals surface area contributed by atoms with Crippen LogP contribution in [0.1, 0.15) is 43.4 Å². The van der Waals surface area contributed by atoms with Crippen LogP contribution in [-0.2, 0) is 20.2 Å². The highest BCUT2D eigenvalue weighted by Crippen LogP contribution is 2.22. The Hall–Kier alpha value is -3.52. The van der Waals surface area contributed by atoms with E-state index in [1.165, 1.54) is 35.9 Å². The number of aryl methyl sites for hydroxylation is 2. The van der Waals surface area contributed by atoms with E-state index in [0.717, 1.165) is 5.56 Å². The number of carbonyl (C=O) groups is 1. The van der Waals surface area contributed by atoms with Crippen LogP contribution in [0.15, 0.2) is 65.6 Å². The second-order valence-corrected chi connectivity index (χ2v) is 10.4. The van der Waals surface area contributed by atoms with E-state index in [0.29, 0.717) is 17.2 Å². The van der Waals surface area contributed by atoms with E-state index in [1.807, 2.05) is 12.1 Å². The van der Waals surface area contributed by atoms with Crippen molar-refractivity contribution in [3.63, 3.8) is 0 Å². The number of sulfonamides is 1. The van der Waals surface area contributed by atoms with Crippen molar-refractivity contribution < 1.29 is 13.2 Å². The molecule has 0 atom stereocenters. The van der Waals surface area contributed by atoms with Gasteiger partial charge in [-0.25, -0.2) is 18.4 Å². The second kappa shape index (κ2) is 9.54. The van der Waals surface area contributed by atoms with Crippen LogP contribution in [0, 0.1) is 13.8 Å². The summed E-state index contributed by atoms with van der Waals surface area (Å²) in [5, 5.41) is 2.73. The molecule has 1 heterocycles. The van der Waals surface area contributed by atoms with Crippen LogP contribution in [-0.4, -0.2) is 24.3 Å². The topological polar surface area (TPSA) is 101 Å². The average molecular weight is 465 g/mol. The van der Waals surface area contributed by atoms with E-state index in [2.05, 4.69) is 52.9 Å². The maximum absolute atomic E-state index is 12.6. The summed E-state index contributed by atoms with van der Waals surface area (Å²) in [6, 6.07) is 15.5. The van der Waals surface area contributed by atoms with Gasteiger partial charge in [-0.1, -0.05) is 45.0 Å². The van der Waals surface area contributed by atoms with Crippen LogP contribution in [0.25, 0.3) is 6.08 Å². The molecule has 8 heteroatoms. The van der Waals surface area contributed by atoms with E-state index in [4.69, 9.17) is 0 Å². The highest BCUT2D eigenvalue weighted by Gasteiger charge is 2.16. The number of aromatic nitrogens is 2. The monoisotopic (exact) mass is 464 g/mol. The van der Waals surface area contributed by atoms with Gasteiger partial charge in [0.1, 0.15) is 11.6 Å². The Balaban J connectivity index is 1.63. The molecule has 3 aromatic rings. The van der Waals surface area contributed by atoms with Gasteiger partial charge in [0.2, 0.25) is 5.91 Å². The van der Waals surface area contributed by atoms with Gasteiger partial charge in [-0.15, -0.1) is 0 Å². The van der Waals surface area contributed by atoms with Gasteiger partial charge in [-0.05, 0) is 60.7 Å². The van der Waals surface area contributed by atoms with Gasteiger partial charge in [-0.2, -0.15) is 0 Å². The predicted molar refractivity (Wildman–Crippen MR) is 132 cm³/mol. The van der Waals surface area contributed by atoms with Crippen molar-refractivity contribution >= 4 is 33.5 Å². The smallest absolute Gasteiger partial charge is 0.263 e. The van der Waals surface area contributed by atoms with Gasteiger partial charge in [-0.3, -0.25) is 9.52 Å². The largest absolute Gasteiger partial charge is 0.323 e. The number of hydrogen-bond acceptors (Lipinski definition) is 5. The van der Waals surface area contributed by atoms with Crippen LogP contribution < -0.4 is 10.0 Å². The lowest BCUT2D eigenvalue weighted by molar-refractivity contribution is -0.111. The maximum atomic E-state index is 12.6. The molecule has 2 aromatic carbocycles. The first-order valence-electron chi connectivity index (χ1n) is 10.5. The Morgan fingerprint density at radius 3 is 2.15 bits per heavy atom. The van der Waals surface area contributed by atoms with Gasteiger partial charge >= 0.3 is 0 Å². The normalized spacial score (nSPS) is 12.0. The zero-order chi connectivity index (χ0) is 24.2. The maximum Gasteiger partial charge on any atom is 0.263 e. The number of nitrogens with zero attached hydrogens (tertiary/aromatic N) is 2. The quantitative estimate of drug-likeness (QED) is 0.508. The summed E-state index contributed by atoms with van der Waals surface area (Å²) in [5.74, 6) is 0.373.